The SMILES string of the molecule is Cc1cc(Cl)c(CCCC(=O)O)c(C)c1O. The number of rotatable bonds is 4. The van der Waals surface area contributed by atoms with E-state index in [9.17, 15) is 9.90 Å². The smallest absolute Gasteiger partial charge is 0.303 e. The van der Waals surface area contributed by atoms with Crippen molar-refractivity contribution in [1.82, 2.24) is 0 Å². The second-order valence-corrected chi connectivity index (χ2v) is 4.28. The van der Waals surface area contributed by atoms with Gasteiger partial charge in [-0.1, -0.05) is 11.6 Å². The summed E-state index contributed by atoms with van der Waals surface area (Å²) in [5.41, 5.74) is 2.32. The molecule has 0 spiro atoms. The van der Waals surface area contributed by atoms with Gasteiger partial charge >= 0.3 is 5.97 Å². The first-order chi connectivity index (χ1) is 7.43. The van der Waals surface area contributed by atoms with Gasteiger partial charge in [0.15, 0.2) is 0 Å². The van der Waals surface area contributed by atoms with E-state index in [4.69, 9.17) is 16.7 Å². The number of carboxylic acid groups (broad SMARTS) is 1. The number of aliphatic carboxylic acids is 1. The number of hydrogen-bond donors (Lipinski definition) is 2. The number of hydrogen-bond acceptors (Lipinski definition) is 2. The highest BCUT2D eigenvalue weighted by atomic mass is 35.5. The molecule has 0 heterocycles. The molecule has 0 saturated carbocycles. The molecule has 88 valence electrons. The van der Waals surface area contributed by atoms with E-state index >= 15 is 0 Å². The van der Waals surface area contributed by atoms with Crippen LogP contribution in [0.15, 0.2) is 6.07 Å². The molecular formula is C12H15ClO3. The van der Waals surface area contributed by atoms with Crippen LogP contribution in [0.3, 0.4) is 0 Å². The number of aryl methyl sites for hydroxylation is 1. The Balaban J connectivity index is 2.87. The van der Waals surface area contributed by atoms with E-state index in [1.807, 2.05) is 0 Å². The maximum atomic E-state index is 10.4. The van der Waals surface area contributed by atoms with Crippen molar-refractivity contribution in [3.05, 3.63) is 27.8 Å². The summed E-state index contributed by atoms with van der Waals surface area (Å²) in [4.78, 5) is 10.4. The first-order valence-corrected chi connectivity index (χ1v) is 5.50. The highest BCUT2D eigenvalue weighted by molar-refractivity contribution is 6.31. The van der Waals surface area contributed by atoms with E-state index in [1.54, 1.807) is 19.9 Å². The lowest BCUT2D eigenvalue weighted by molar-refractivity contribution is -0.137. The maximum absolute atomic E-state index is 10.4. The summed E-state index contributed by atoms with van der Waals surface area (Å²) in [7, 11) is 0. The summed E-state index contributed by atoms with van der Waals surface area (Å²) < 4.78 is 0. The minimum Gasteiger partial charge on any atom is -0.507 e. The van der Waals surface area contributed by atoms with Gasteiger partial charge in [-0.25, -0.2) is 0 Å². The van der Waals surface area contributed by atoms with Crippen molar-refractivity contribution in [2.45, 2.75) is 33.1 Å². The van der Waals surface area contributed by atoms with Gasteiger partial charge in [-0.2, -0.15) is 0 Å². The molecule has 0 aromatic heterocycles. The number of phenols is 1. The van der Waals surface area contributed by atoms with Gasteiger partial charge in [0.25, 0.3) is 0 Å². The van der Waals surface area contributed by atoms with Crippen molar-refractivity contribution in [2.24, 2.45) is 0 Å². The van der Waals surface area contributed by atoms with Crippen molar-refractivity contribution >= 4 is 17.6 Å². The predicted octanol–water partition coefficient (Wildman–Crippen LogP) is 3.07. The first kappa shape index (κ1) is 12.8. The fraction of sp³-hybridized carbons (Fsp3) is 0.417. The zero-order valence-corrected chi connectivity index (χ0v) is 10.1. The normalized spacial score (nSPS) is 10.4. The molecule has 3 nitrogen and oxygen atoms in total. The van der Waals surface area contributed by atoms with Crippen LogP contribution in [-0.2, 0) is 11.2 Å². The summed E-state index contributed by atoms with van der Waals surface area (Å²) in [6, 6.07) is 1.71. The standard InChI is InChI=1S/C12H15ClO3/c1-7-6-10(13)9(8(2)12(7)16)4-3-5-11(14)15/h6,16H,3-5H2,1-2H3,(H,14,15). The van der Waals surface area contributed by atoms with Gasteiger partial charge in [-0.05, 0) is 49.4 Å². The zero-order chi connectivity index (χ0) is 12.3. The highest BCUT2D eigenvalue weighted by Crippen LogP contribution is 2.31. The highest BCUT2D eigenvalue weighted by Gasteiger charge is 2.11. The molecule has 0 aliphatic heterocycles. The number of carboxylic acids is 1. The van der Waals surface area contributed by atoms with Crippen LogP contribution in [0.5, 0.6) is 5.75 Å². The second-order valence-electron chi connectivity index (χ2n) is 3.87. The van der Waals surface area contributed by atoms with Crippen LogP contribution in [0.4, 0.5) is 0 Å². The molecule has 4 heteroatoms. The van der Waals surface area contributed by atoms with Gasteiger partial charge in [0, 0.05) is 11.4 Å². The van der Waals surface area contributed by atoms with Crippen LogP contribution in [0.25, 0.3) is 0 Å². The number of halogens is 1. The van der Waals surface area contributed by atoms with Crippen LogP contribution in [-0.4, -0.2) is 16.2 Å². The fourth-order valence-corrected chi connectivity index (χ4v) is 2.09. The first-order valence-electron chi connectivity index (χ1n) is 5.12. The largest absolute Gasteiger partial charge is 0.507 e. The molecule has 0 amide bonds. The molecule has 2 N–H and O–H groups in total. The lowest BCUT2D eigenvalue weighted by atomic mass is 9.99. The molecule has 0 unspecified atom stereocenters. The van der Waals surface area contributed by atoms with Crippen LogP contribution >= 0.6 is 11.6 Å². The number of benzene rings is 1. The molecular weight excluding hydrogens is 228 g/mol. The molecule has 0 aliphatic rings. The van der Waals surface area contributed by atoms with E-state index < -0.39 is 5.97 Å². The Kier molecular flexibility index (Phi) is 4.19. The minimum absolute atomic E-state index is 0.115. The minimum atomic E-state index is -0.815. The quantitative estimate of drug-likeness (QED) is 0.853. The van der Waals surface area contributed by atoms with Gasteiger partial charge in [0.1, 0.15) is 5.75 Å². The summed E-state index contributed by atoms with van der Waals surface area (Å²) in [5.74, 6) is -0.570. The van der Waals surface area contributed by atoms with E-state index in [1.165, 1.54) is 0 Å². The maximum Gasteiger partial charge on any atom is 0.303 e. The Bertz CT molecular complexity index is 413. The van der Waals surface area contributed by atoms with Crippen LogP contribution in [0.2, 0.25) is 5.02 Å². The summed E-state index contributed by atoms with van der Waals surface area (Å²) in [6.07, 6.45) is 1.22. The molecule has 0 atom stereocenters. The average molecular weight is 243 g/mol. The zero-order valence-electron chi connectivity index (χ0n) is 9.38. The topological polar surface area (TPSA) is 57.5 Å². The van der Waals surface area contributed by atoms with Crippen LogP contribution in [0, 0.1) is 13.8 Å². The molecule has 1 rings (SSSR count). The predicted molar refractivity (Wildman–Crippen MR) is 63.2 cm³/mol. The van der Waals surface area contributed by atoms with Crippen molar-refractivity contribution in [2.75, 3.05) is 0 Å². The summed E-state index contributed by atoms with van der Waals surface area (Å²) >= 11 is 6.06. The third-order valence-electron chi connectivity index (χ3n) is 2.63. The third kappa shape index (κ3) is 2.89. The molecule has 0 saturated heterocycles. The molecule has 0 aliphatic carbocycles. The Labute approximate surface area is 99.7 Å². The Morgan fingerprint density at radius 2 is 2.06 bits per heavy atom. The lowest BCUT2D eigenvalue weighted by Crippen LogP contribution is -1.98. The lowest BCUT2D eigenvalue weighted by Gasteiger charge is -2.11. The fourth-order valence-electron chi connectivity index (χ4n) is 1.69. The summed E-state index contributed by atoms with van der Waals surface area (Å²) in [5, 5.41) is 18.9. The number of phenolic OH excluding ortho intramolecular Hbond substituents is 1. The Morgan fingerprint density at radius 1 is 1.44 bits per heavy atom. The number of carbonyl (C=O) groups is 1. The van der Waals surface area contributed by atoms with Crippen LogP contribution < -0.4 is 0 Å². The molecule has 16 heavy (non-hydrogen) atoms. The Morgan fingerprint density at radius 3 is 2.62 bits per heavy atom. The molecule has 0 radical (unpaired) electrons. The monoisotopic (exact) mass is 242 g/mol. The van der Waals surface area contributed by atoms with E-state index in [0.717, 1.165) is 16.7 Å². The van der Waals surface area contributed by atoms with Crippen molar-refractivity contribution in [1.29, 1.82) is 0 Å². The van der Waals surface area contributed by atoms with Gasteiger partial charge in [0.05, 0.1) is 0 Å². The molecule has 1 aromatic carbocycles. The van der Waals surface area contributed by atoms with Crippen molar-refractivity contribution < 1.29 is 15.0 Å². The van der Waals surface area contributed by atoms with Crippen molar-refractivity contribution in [3.8, 4) is 5.75 Å². The van der Waals surface area contributed by atoms with Gasteiger partial charge in [-0.3, -0.25) is 4.79 Å². The average Bonchev–Trinajstić information content (AvgIpc) is 2.19. The van der Waals surface area contributed by atoms with Crippen molar-refractivity contribution in [3.63, 3.8) is 0 Å². The van der Waals surface area contributed by atoms with E-state index in [2.05, 4.69) is 0 Å². The van der Waals surface area contributed by atoms with Crippen LogP contribution in [0.1, 0.15) is 29.5 Å². The van der Waals surface area contributed by atoms with Gasteiger partial charge < -0.3 is 10.2 Å². The number of aromatic hydroxyl groups is 1. The van der Waals surface area contributed by atoms with E-state index in [0.29, 0.717) is 17.9 Å². The van der Waals surface area contributed by atoms with Gasteiger partial charge in [0.2, 0.25) is 0 Å². The molecule has 1 aromatic rings. The van der Waals surface area contributed by atoms with Gasteiger partial charge in [-0.15, -0.1) is 0 Å². The summed E-state index contributed by atoms with van der Waals surface area (Å²) in [6.45, 7) is 3.58. The molecule has 0 bridgehead atoms. The van der Waals surface area contributed by atoms with E-state index in [-0.39, 0.29) is 12.2 Å². The molecule has 0 fully saturated rings. The Hall–Kier alpha value is -1.22. The third-order valence-corrected chi connectivity index (χ3v) is 2.97. The second kappa shape index (κ2) is 5.21.